The Morgan fingerprint density at radius 3 is 2.61 bits per heavy atom. The van der Waals surface area contributed by atoms with E-state index >= 15 is 4.79 Å². The Balaban J connectivity index is 1.25. The van der Waals surface area contributed by atoms with Gasteiger partial charge in [0, 0.05) is 37.6 Å². The zero-order valence-electron chi connectivity index (χ0n) is 30.8. The number of carbonyl (C=O) groups excluding carboxylic acids is 2. The summed E-state index contributed by atoms with van der Waals surface area (Å²) in [6.07, 6.45) is 15.3. The number of amides is 1. The number of hydrogen-bond acceptors (Lipinski definition) is 10. The first-order chi connectivity index (χ1) is 24.9. The molecular formula is C40H58N6O4S. The number of nitriles is 1. The molecule has 1 aromatic carbocycles. The molecule has 7 atom stereocenters. The standard InChI is InChI=1S/C40H58N6O4S/c1-4-34(47)45-25-24-44(26-30(45)19-22-41)38-32-18-21-40(20-17-28-12-10-16-33(49-3)36(28)51-40)37(48)35(32)42-39(50-27-31-15-11-23-43(31)2)46(38)29-13-8-6-5-7-9-14-29/h4,10,12,16,29-32,35,38-39,42H,1,5-9,11,13-15,17-21,23-27H2,2-3H3/t30?,31?,32?,35?,38?,39?,40-/m0/s1. The Labute approximate surface area is 309 Å². The van der Waals surface area contributed by atoms with Gasteiger partial charge < -0.3 is 19.3 Å². The third-order valence-corrected chi connectivity index (χ3v) is 14.7. The molecule has 1 aromatic rings. The molecule has 1 spiro atoms. The Morgan fingerprint density at radius 2 is 1.88 bits per heavy atom. The van der Waals surface area contributed by atoms with Crippen LogP contribution in [-0.2, 0) is 20.7 Å². The molecular weight excluding hydrogens is 661 g/mol. The summed E-state index contributed by atoms with van der Waals surface area (Å²) < 4.78 is 12.3. The van der Waals surface area contributed by atoms with Gasteiger partial charge in [-0.3, -0.25) is 19.8 Å². The largest absolute Gasteiger partial charge is 0.496 e. The molecule has 2 aliphatic carbocycles. The highest BCUT2D eigenvalue weighted by atomic mass is 32.2. The van der Waals surface area contributed by atoms with Crippen LogP contribution in [0.3, 0.4) is 0 Å². The van der Waals surface area contributed by atoms with Crippen molar-refractivity contribution < 1.29 is 19.1 Å². The molecule has 2 saturated carbocycles. The van der Waals surface area contributed by atoms with Crippen LogP contribution < -0.4 is 10.1 Å². The second kappa shape index (κ2) is 16.3. The molecule has 4 heterocycles. The molecule has 0 aromatic heterocycles. The number of likely N-dealkylation sites (tertiary alicyclic amines) is 1. The number of hydrogen-bond donors (Lipinski definition) is 1. The van der Waals surface area contributed by atoms with Crippen LogP contribution in [0.5, 0.6) is 5.75 Å². The fraction of sp³-hybridized carbons (Fsp3) is 0.725. The van der Waals surface area contributed by atoms with Gasteiger partial charge in [-0.25, -0.2) is 4.90 Å². The van der Waals surface area contributed by atoms with Crippen LogP contribution in [0.1, 0.15) is 89.0 Å². The highest BCUT2D eigenvalue weighted by molar-refractivity contribution is 8.01. The van der Waals surface area contributed by atoms with Gasteiger partial charge >= 0.3 is 0 Å². The lowest BCUT2D eigenvalue weighted by atomic mass is 9.71. The van der Waals surface area contributed by atoms with Crippen LogP contribution in [0, 0.1) is 17.2 Å². The van der Waals surface area contributed by atoms with E-state index in [1.807, 2.05) is 11.0 Å². The molecule has 0 radical (unpaired) electrons. The van der Waals surface area contributed by atoms with Gasteiger partial charge in [-0.05, 0) is 82.7 Å². The quantitative estimate of drug-likeness (QED) is 0.363. The van der Waals surface area contributed by atoms with Gasteiger partial charge in [-0.2, -0.15) is 5.26 Å². The van der Waals surface area contributed by atoms with Crippen LogP contribution in [0.2, 0.25) is 0 Å². The maximum Gasteiger partial charge on any atom is 0.246 e. The van der Waals surface area contributed by atoms with Crippen molar-refractivity contribution in [2.75, 3.05) is 46.9 Å². The molecule has 10 nitrogen and oxygen atoms in total. The number of rotatable bonds is 8. The third kappa shape index (κ3) is 7.39. The second-order valence-electron chi connectivity index (χ2n) is 15.8. The van der Waals surface area contributed by atoms with E-state index in [0.29, 0.717) is 44.1 Å². The molecule has 7 rings (SSSR count). The first-order valence-electron chi connectivity index (χ1n) is 19.7. The molecule has 11 heteroatoms. The topological polar surface area (TPSA) is 101 Å². The van der Waals surface area contributed by atoms with E-state index in [2.05, 4.69) is 51.8 Å². The van der Waals surface area contributed by atoms with Crippen molar-refractivity contribution in [3.8, 4) is 11.8 Å². The highest BCUT2D eigenvalue weighted by Crippen LogP contribution is 2.54. The van der Waals surface area contributed by atoms with Gasteiger partial charge in [0.15, 0.2) is 12.1 Å². The van der Waals surface area contributed by atoms with Gasteiger partial charge in [0.1, 0.15) is 5.75 Å². The summed E-state index contributed by atoms with van der Waals surface area (Å²) in [5, 5.41) is 13.8. The number of nitrogens with zero attached hydrogens (tertiary/aromatic N) is 5. The Bertz CT molecular complexity index is 1450. The minimum absolute atomic E-state index is 0.0362. The number of ketones is 1. The SMILES string of the molecule is C=CC(=O)N1CCN(C2C3CC[C@@]4(CCc5cccc(OC)c5S4)C(=O)C3NC(OCC3CCCN3C)N2C2CCCCCCC2)CC1CC#N. The average molecular weight is 719 g/mol. The highest BCUT2D eigenvalue weighted by Gasteiger charge is 2.58. The lowest BCUT2D eigenvalue weighted by Gasteiger charge is -2.60. The summed E-state index contributed by atoms with van der Waals surface area (Å²) in [5.41, 5.74) is 1.27. The Hall–Kier alpha value is -2.46. The molecule has 51 heavy (non-hydrogen) atoms. The summed E-state index contributed by atoms with van der Waals surface area (Å²) >= 11 is 1.74. The number of ether oxygens (including phenoxy) is 2. The van der Waals surface area contributed by atoms with E-state index in [9.17, 15) is 10.1 Å². The van der Waals surface area contributed by atoms with Gasteiger partial charge in [0.05, 0.1) is 54.1 Å². The number of carbonyl (C=O) groups is 2. The number of methoxy groups -OCH3 is 1. The molecule has 5 fully saturated rings. The molecule has 1 N–H and O–H groups in total. The number of thioether (sulfide) groups is 1. The minimum Gasteiger partial charge on any atom is -0.496 e. The van der Waals surface area contributed by atoms with Crippen LogP contribution in [0.15, 0.2) is 35.7 Å². The average Bonchev–Trinajstić information content (AvgIpc) is 3.55. The van der Waals surface area contributed by atoms with Crippen molar-refractivity contribution in [1.29, 1.82) is 5.26 Å². The number of benzene rings is 1. The summed E-state index contributed by atoms with van der Waals surface area (Å²) in [7, 11) is 3.92. The van der Waals surface area contributed by atoms with Gasteiger partial charge in [-0.15, -0.1) is 11.8 Å². The zero-order valence-corrected chi connectivity index (χ0v) is 31.6. The minimum atomic E-state index is -0.516. The first kappa shape index (κ1) is 36.9. The van der Waals surface area contributed by atoms with Crippen LogP contribution in [0.4, 0.5) is 0 Å². The van der Waals surface area contributed by atoms with Gasteiger partial charge in [-0.1, -0.05) is 50.8 Å². The molecule has 6 unspecified atom stereocenters. The molecule has 3 saturated heterocycles. The van der Waals surface area contributed by atoms with Gasteiger partial charge in [0.2, 0.25) is 5.91 Å². The number of Topliss-reactive ketones (excluding diaryl/α,β-unsaturated/α-hetero) is 1. The number of nitrogens with one attached hydrogen (secondary N) is 1. The molecule has 4 aliphatic heterocycles. The van der Waals surface area contributed by atoms with Crippen molar-refractivity contribution in [3.63, 3.8) is 0 Å². The summed E-state index contributed by atoms with van der Waals surface area (Å²) in [5.74, 6) is 1.10. The lowest BCUT2D eigenvalue weighted by molar-refractivity contribution is -0.213. The summed E-state index contributed by atoms with van der Waals surface area (Å²) in [4.78, 5) is 38.7. The molecule has 0 bridgehead atoms. The maximum absolute atomic E-state index is 15.2. The zero-order chi connectivity index (χ0) is 35.5. The summed E-state index contributed by atoms with van der Waals surface area (Å²) in [6.45, 7) is 7.29. The monoisotopic (exact) mass is 718 g/mol. The molecule has 1 amide bonds. The van der Waals surface area contributed by atoms with Crippen molar-refractivity contribution >= 4 is 23.5 Å². The van der Waals surface area contributed by atoms with E-state index in [1.165, 1.54) is 50.2 Å². The van der Waals surface area contributed by atoms with E-state index in [1.54, 1.807) is 18.9 Å². The van der Waals surface area contributed by atoms with E-state index in [4.69, 9.17) is 9.47 Å². The van der Waals surface area contributed by atoms with Crippen molar-refractivity contribution in [3.05, 3.63) is 36.4 Å². The van der Waals surface area contributed by atoms with Gasteiger partial charge in [0.25, 0.3) is 0 Å². The normalized spacial score (nSPS) is 34.3. The fourth-order valence-electron chi connectivity index (χ4n) is 10.2. The summed E-state index contributed by atoms with van der Waals surface area (Å²) in [6, 6.07) is 8.71. The Morgan fingerprint density at radius 1 is 1.08 bits per heavy atom. The Kier molecular flexibility index (Phi) is 11.8. The smallest absolute Gasteiger partial charge is 0.246 e. The maximum atomic E-state index is 15.2. The van der Waals surface area contributed by atoms with E-state index < -0.39 is 11.1 Å². The van der Waals surface area contributed by atoms with Crippen LogP contribution in [0.25, 0.3) is 0 Å². The van der Waals surface area contributed by atoms with Crippen molar-refractivity contribution in [1.82, 2.24) is 24.9 Å². The van der Waals surface area contributed by atoms with E-state index in [0.717, 1.165) is 62.1 Å². The van der Waals surface area contributed by atoms with Crippen LogP contribution in [-0.4, -0.2) is 120 Å². The van der Waals surface area contributed by atoms with Crippen molar-refractivity contribution in [2.45, 2.75) is 136 Å². The number of likely N-dealkylation sites (N-methyl/N-ethyl adjacent to an activating group) is 1. The fourth-order valence-corrected chi connectivity index (χ4v) is 11.8. The number of fused-ring (bicyclic) bond motifs is 2. The number of aryl methyl sites for hydroxylation is 1. The van der Waals surface area contributed by atoms with Crippen LogP contribution >= 0.6 is 11.8 Å². The predicted octanol–water partition coefficient (Wildman–Crippen LogP) is 5.17. The lowest BCUT2D eigenvalue weighted by Crippen LogP contribution is -2.77. The van der Waals surface area contributed by atoms with E-state index in [-0.39, 0.29) is 36.5 Å². The second-order valence-corrected chi connectivity index (χ2v) is 17.2. The van der Waals surface area contributed by atoms with Crippen molar-refractivity contribution in [2.24, 2.45) is 5.92 Å². The third-order valence-electron chi connectivity index (χ3n) is 13.0. The molecule has 278 valence electrons. The predicted molar refractivity (Wildman–Crippen MR) is 199 cm³/mol. The number of piperazine rings is 1. The first-order valence-corrected chi connectivity index (χ1v) is 20.5. The molecule has 6 aliphatic rings.